The van der Waals surface area contributed by atoms with Crippen LogP contribution in [0.1, 0.15) is 23.6 Å². The number of rotatable bonds is 5. The van der Waals surface area contributed by atoms with Crippen LogP contribution in [-0.2, 0) is 14.8 Å². The second kappa shape index (κ2) is 7.59. The normalized spacial score (nSPS) is 12.7. The molecule has 0 aliphatic carbocycles. The number of hydrogen-bond acceptors (Lipinski definition) is 4. The zero-order chi connectivity index (χ0) is 18.8. The number of anilines is 1. The molecule has 2 rings (SSSR count). The summed E-state index contributed by atoms with van der Waals surface area (Å²) in [5.74, 6) is -0.198. The fourth-order valence-electron chi connectivity index (χ4n) is 2.58. The molecule has 134 valence electrons. The quantitative estimate of drug-likeness (QED) is 0.781. The van der Waals surface area contributed by atoms with E-state index in [9.17, 15) is 13.2 Å². The third-order valence-corrected chi connectivity index (χ3v) is 6.06. The summed E-state index contributed by atoms with van der Waals surface area (Å²) in [4.78, 5) is 13.5. The number of thioether (sulfide) groups is 1. The molecule has 1 unspecified atom stereocenters. The van der Waals surface area contributed by atoms with Gasteiger partial charge in [0.05, 0.1) is 10.1 Å². The molecule has 0 radical (unpaired) electrons. The molecule has 25 heavy (non-hydrogen) atoms. The van der Waals surface area contributed by atoms with Gasteiger partial charge >= 0.3 is 0 Å². The van der Waals surface area contributed by atoms with Crippen molar-refractivity contribution in [1.82, 2.24) is 0 Å². The number of hydrogen-bond donors (Lipinski definition) is 2. The van der Waals surface area contributed by atoms with Crippen molar-refractivity contribution >= 4 is 33.4 Å². The van der Waals surface area contributed by atoms with E-state index in [1.165, 1.54) is 29.5 Å². The van der Waals surface area contributed by atoms with Crippen molar-refractivity contribution in [1.29, 1.82) is 0 Å². The van der Waals surface area contributed by atoms with E-state index in [1.807, 2.05) is 27.7 Å². The van der Waals surface area contributed by atoms with Crippen LogP contribution in [0, 0.1) is 20.8 Å². The molecule has 1 atom stereocenters. The molecule has 0 bridgehead atoms. The maximum Gasteiger partial charge on any atom is 0.238 e. The Bertz CT molecular complexity index is 885. The molecular formula is C18H22N2O3S2. The lowest BCUT2D eigenvalue weighted by atomic mass is 10.1. The van der Waals surface area contributed by atoms with Gasteiger partial charge in [0.15, 0.2) is 0 Å². The summed E-state index contributed by atoms with van der Waals surface area (Å²) < 4.78 is 22.8. The Morgan fingerprint density at radius 3 is 2.28 bits per heavy atom. The number of carbonyl (C=O) groups excluding carboxylic acids is 1. The molecule has 0 spiro atoms. The van der Waals surface area contributed by atoms with E-state index in [0.717, 1.165) is 16.0 Å². The van der Waals surface area contributed by atoms with Crippen LogP contribution in [0.25, 0.3) is 0 Å². The predicted molar refractivity (Wildman–Crippen MR) is 102 cm³/mol. The minimum Gasteiger partial charge on any atom is -0.325 e. The Morgan fingerprint density at radius 1 is 1.12 bits per heavy atom. The Balaban J connectivity index is 2.14. The van der Waals surface area contributed by atoms with Crippen LogP contribution < -0.4 is 10.5 Å². The molecule has 0 saturated carbocycles. The van der Waals surface area contributed by atoms with Crippen molar-refractivity contribution in [2.75, 3.05) is 5.32 Å². The van der Waals surface area contributed by atoms with Crippen LogP contribution in [0.3, 0.4) is 0 Å². The van der Waals surface area contributed by atoms with Gasteiger partial charge in [-0.3, -0.25) is 4.79 Å². The molecule has 2 aromatic rings. The molecule has 7 heteroatoms. The monoisotopic (exact) mass is 378 g/mol. The summed E-state index contributed by atoms with van der Waals surface area (Å²) in [5, 5.41) is 7.53. The number of amides is 1. The Labute approximate surface area is 153 Å². The summed E-state index contributed by atoms with van der Waals surface area (Å²) in [6, 6.07) is 10.1. The zero-order valence-electron chi connectivity index (χ0n) is 14.7. The van der Waals surface area contributed by atoms with Crippen molar-refractivity contribution in [2.45, 2.75) is 42.7 Å². The van der Waals surface area contributed by atoms with Gasteiger partial charge < -0.3 is 5.32 Å². The number of aryl methyl sites for hydroxylation is 3. The first-order valence-electron chi connectivity index (χ1n) is 7.76. The average Bonchev–Trinajstić information content (AvgIpc) is 2.50. The third kappa shape index (κ3) is 5.07. The first-order valence-corrected chi connectivity index (χ1v) is 10.2. The summed E-state index contributed by atoms with van der Waals surface area (Å²) in [5.41, 5.74) is 3.87. The van der Waals surface area contributed by atoms with Gasteiger partial charge in [0, 0.05) is 10.6 Å². The summed E-state index contributed by atoms with van der Waals surface area (Å²) in [6.07, 6.45) is 0. The molecule has 5 nitrogen and oxygen atoms in total. The third-order valence-electron chi connectivity index (χ3n) is 3.70. The highest BCUT2D eigenvalue weighted by molar-refractivity contribution is 8.00. The standard InChI is InChI=1S/C18H22N2O3S2/c1-11-8-12(2)17(13(3)9-11)24-14(4)18(21)20-15-6-5-7-16(10-15)25(19,22)23/h5-10,14H,1-4H3,(H,20,21)(H2,19,22,23). The first kappa shape index (κ1) is 19.5. The highest BCUT2D eigenvalue weighted by Crippen LogP contribution is 2.31. The van der Waals surface area contributed by atoms with E-state index in [0.29, 0.717) is 5.69 Å². The lowest BCUT2D eigenvalue weighted by Gasteiger charge is -2.16. The largest absolute Gasteiger partial charge is 0.325 e. The fourth-order valence-corrected chi connectivity index (χ4v) is 4.15. The van der Waals surface area contributed by atoms with E-state index in [2.05, 4.69) is 17.4 Å². The lowest BCUT2D eigenvalue weighted by molar-refractivity contribution is -0.115. The SMILES string of the molecule is Cc1cc(C)c(SC(C)C(=O)Nc2cccc(S(N)(=O)=O)c2)c(C)c1. The molecule has 0 heterocycles. The second-order valence-electron chi connectivity index (χ2n) is 6.05. The van der Waals surface area contributed by atoms with E-state index in [4.69, 9.17) is 5.14 Å². The minimum absolute atomic E-state index is 0.0316. The van der Waals surface area contributed by atoms with Crippen LogP contribution in [0.5, 0.6) is 0 Å². The van der Waals surface area contributed by atoms with E-state index in [-0.39, 0.29) is 16.1 Å². The number of primary sulfonamides is 1. The molecule has 0 aromatic heterocycles. The molecule has 0 saturated heterocycles. The van der Waals surface area contributed by atoms with Crippen molar-refractivity contribution < 1.29 is 13.2 Å². The zero-order valence-corrected chi connectivity index (χ0v) is 16.3. The van der Waals surface area contributed by atoms with E-state index in [1.54, 1.807) is 12.1 Å². The number of nitrogens with one attached hydrogen (secondary N) is 1. The number of carbonyl (C=O) groups is 1. The summed E-state index contributed by atoms with van der Waals surface area (Å²) in [7, 11) is -3.80. The maximum atomic E-state index is 12.5. The van der Waals surface area contributed by atoms with Crippen molar-refractivity contribution in [3.05, 3.63) is 53.1 Å². The van der Waals surface area contributed by atoms with Crippen molar-refractivity contribution in [3.63, 3.8) is 0 Å². The Kier molecular flexibility index (Phi) is 5.92. The molecule has 0 aliphatic rings. The van der Waals surface area contributed by atoms with Crippen molar-refractivity contribution in [2.24, 2.45) is 5.14 Å². The summed E-state index contributed by atoms with van der Waals surface area (Å²) >= 11 is 1.49. The molecule has 1 amide bonds. The topological polar surface area (TPSA) is 89.3 Å². The van der Waals surface area contributed by atoms with E-state index < -0.39 is 10.0 Å². The Morgan fingerprint density at radius 2 is 1.72 bits per heavy atom. The van der Waals surface area contributed by atoms with Crippen LogP contribution in [0.15, 0.2) is 46.2 Å². The van der Waals surface area contributed by atoms with Gasteiger partial charge in [0.1, 0.15) is 0 Å². The van der Waals surface area contributed by atoms with Crippen molar-refractivity contribution in [3.8, 4) is 0 Å². The molecular weight excluding hydrogens is 356 g/mol. The molecule has 0 aliphatic heterocycles. The molecule has 0 fully saturated rings. The first-order chi connectivity index (χ1) is 11.6. The van der Waals surface area contributed by atoms with E-state index >= 15 is 0 Å². The Hall–Kier alpha value is -1.83. The average molecular weight is 379 g/mol. The smallest absolute Gasteiger partial charge is 0.238 e. The van der Waals surface area contributed by atoms with Gasteiger partial charge in [0.25, 0.3) is 0 Å². The minimum atomic E-state index is -3.80. The number of benzene rings is 2. The van der Waals surface area contributed by atoms with Crippen LogP contribution in [-0.4, -0.2) is 19.6 Å². The predicted octanol–water partition coefficient (Wildman–Crippen LogP) is 3.38. The number of sulfonamides is 1. The molecule has 2 aromatic carbocycles. The van der Waals surface area contributed by atoms with Gasteiger partial charge in [-0.2, -0.15) is 0 Å². The molecule has 3 N–H and O–H groups in total. The van der Waals surface area contributed by atoms with Gasteiger partial charge in [-0.05, 0) is 57.0 Å². The van der Waals surface area contributed by atoms with Gasteiger partial charge in [-0.1, -0.05) is 23.8 Å². The van der Waals surface area contributed by atoms with Crippen LogP contribution in [0.2, 0.25) is 0 Å². The number of nitrogens with two attached hydrogens (primary N) is 1. The second-order valence-corrected chi connectivity index (χ2v) is 8.96. The highest BCUT2D eigenvalue weighted by atomic mass is 32.2. The highest BCUT2D eigenvalue weighted by Gasteiger charge is 2.18. The van der Waals surface area contributed by atoms with Crippen LogP contribution in [0.4, 0.5) is 5.69 Å². The fraction of sp³-hybridized carbons (Fsp3) is 0.278. The van der Waals surface area contributed by atoms with Crippen LogP contribution >= 0.6 is 11.8 Å². The van der Waals surface area contributed by atoms with Gasteiger partial charge in [-0.15, -0.1) is 11.8 Å². The van der Waals surface area contributed by atoms with Gasteiger partial charge in [0.2, 0.25) is 15.9 Å². The summed E-state index contributed by atoms with van der Waals surface area (Å²) in [6.45, 7) is 7.93. The van der Waals surface area contributed by atoms with Gasteiger partial charge in [-0.25, -0.2) is 13.6 Å². The maximum absolute atomic E-state index is 12.5. The lowest BCUT2D eigenvalue weighted by Crippen LogP contribution is -2.23.